The molecule has 2 nitrogen and oxygen atoms in total. The quantitative estimate of drug-likeness (QED) is 0.617. The molecular weight excluding hydrogens is 260 g/mol. The van der Waals surface area contributed by atoms with E-state index in [1.54, 1.807) is 12.1 Å². The Balaban J connectivity index is 2.13. The first-order valence-electron chi connectivity index (χ1n) is 7.80. The Kier molecular flexibility index (Phi) is 3.87. The van der Waals surface area contributed by atoms with Crippen LogP contribution in [0.3, 0.4) is 0 Å². The molecule has 1 fully saturated rings. The standard InChI is InChI=1S/C19H22O2/c20-17-11-10-16(14-18(17)21)19(12-6-1-2-7-13-19)15-8-4-3-5-9-15/h3-5,8-11,14,20-21H,1-2,6-7,12-13H2. The van der Waals surface area contributed by atoms with Crippen molar-refractivity contribution in [2.45, 2.75) is 43.9 Å². The Hall–Kier alpha value is -1.96. The second-order valence-corrected chi connectivity index (χ2v) is 6.07. The third kappa shape index (κ3) is 2.63. The van der Waals surface area contributed by atoms with Gasteiger partial charge in [-0.3, -0.25) is 0 Å². The highest BCUT2D eigenvalue weighted by Crippen LogP contribution is 2.45. The Labute approximate surface area is 126 Å². The first kappa shape index (κ1) is 14.0. The molecule has 1 saturated carbocycles. The molecule has 2 aromatic carbocycles. The highest BCUT2D eigenvalue weighted by Gasteiger charge is 2.35. The van der Waals surface area contributed by atoms with Crippen LogP contribution in [0.15, 0.2) is 48.5 Å². The minimum absolute atomic E-state index is 0.0212. The van der Waals surface area contributed by atoms with Gasteiger partial charge in [-0.15, -0.1) is 0 Å². The highest BCUT2D eigenvalue weighted by atomic mass is 16.3. The summed E-state index contributed by atoms with van der Waals surface area (Å²) in [7, 11) is 0. The molecule has 0 atom stereocenters. The fourth-order valence-electron chi connectivity index (χ4n) is 3.65. The molecule has 0 amide bonds. The van der Waals surface area contributed by atoms with Crippen molar-refractivity contribution in [2.75, 3.05) is 0 Å². The van der Waals surface area contributed by atoms with Crippen LogP contribution < -0.4 is 0 Å². The lowest BCUT2D eigenvalue weighted by molar-refractivity contribution is 0.397. The minimum atomic E-state index is -0.0458. The van der Waals surface area contributed by atoms with Crippen LogP contribution in [0.25, 0.3) is 0 Å². The Bertz CT molecular complexity index is 596. The SMILES string of the molecule is Oc1ccc(C2(c3ccccc3)CCCCCC2)cc1O. The van der Waals surface area contributed by atoms with E-state index in [1.807, 2.05) is 12.1 Å². The average molecular weight is 282 g/mol. The largest absolute Gasteiger partial charge is 0.504 e. The molecule has 2 N–H and O–H groups in total. The summed E-state index contributed by atoms with van der Waals surface area (Å²) in [5.41, 5.74) is 2.39. The van der Waals surface area contributed by atoms with Crippen LogP contribution in [-0.4, -0.2) is 10.2 Å². The molecule has 0 spiro atoms. The van der Waals surface area contributed by atoms with Gasteiger partial charge in [0, 0.05) is 5.41 Å². The van der Waals surface area contributed by atoms with Crippen molar-refractivity contribution < 1.29 is 10.2 Å². The van der Waals surface area contributed by atoms with Crippen molar-refractivity contribution >= 4 is 0 Å². The molecule has 1 aliphatic carbocycles. The Morgan fingerprint density at radius 1 is 0.667 bits per heavy atom. The van der Waals surface area contributed by atoms with E-state index in [0.717, 1.165) is 18.4 Å². The number of aromatic hydroxyl groups is 2. The van der Waals surface area contributed by atoms with Crippen molar-refractivity contribution in [3.8, 4) is 11.5 Å². The fraction of sp³-hybridized carbons (Fsp3) is 0.368. The molecule has 0 heterocycles. The monoisotopic (exact) mass is 282 g/mol. The zero-order valence-corrected chi connectivity index (χ0v) is 12.3. The van der Waals surface area contributed by atoms with E-state index in [-0.39, 0.29) is 16.9 Å². The number of hydrogen-bond acceptors (Lipinski definition) is 2. The molecule has 0 unspecified atom stereocenters. The second kappa shape index (κ2) is 5.80. The summed E-state index contributed by atoms with van der Waals surface area (Å²) in [5.74, 6) is -0.0670. The van der Waals surface area contributed by atoms with E-state index in [9.17, 15) is 10.2 Å². The third-order valence-electron chi connectivity index (χ3n) is 4.81. The topological polar surface area (TPSA) is 40.5 Å². The van der Waals surface area contributed by atoms with Crippen LogP contribution in [0.4, 0.5) is 0 Å². The number of rotatable bonds is 2. The molecule has 0 saturated heterocycles. The summed E-state index contributed by atoms with van der Waals surface area (Å²) >= 11 is 0. The molecule has 0 bridgehead atoms. The van der Waals surface area contributed by atoms with E-state index in [1.165, 1.54) is 31.2 Å². The van der Waals surface area contributed by atoms with E-state index in [0.29, 0.717) is 0 Å². The van der Waals surface area contributed by atoms with Gasteiger partial charge in [-0.25, -0.2) is 0 Å². The average Bonchev–Trinajstić information content (AvgIpc) is 2.78. The van der Waals surface area contributed by atoms with E-state index in [2.05, 4.69) is 24.3 Å². The van der Waals surface area contributed by atoms with Crippen LogP contribution in [0, 0.1) is 0 Å². The zero-order valence-electron chi connectivity index (χ0n) is 12.3. The lowest BCUT2D eigenvalue weighted by atomic mass is 9.69. The Morgan fingerprint density at radius 2 is 1.33 bits per heavy atom. The maximum Gasteiger partial charge on any atom is 0.157 e. The first-order chi connectivity index (χ1) is 10.2. The van der Waals surface area contributed by atoms with Gasteiger partial charge < -0.3 is 10.2 Å². The van der Waals surface area contributed by atoms with Gasteiger partial charge in [-0.2, -0.15) is 0 Å². The first-order valence-corrected chi connectivity index (χ1v) is 7.80. The van der Waals surface area contributed by atoms with Gasteiger partial charge in [-0.05, 0) is 36.1 Å². The Morgan fingerprint density at radius 3 is 1.95 bits per heavy atom. The molecule has 2 heteroatoms. The van der Waals surface area contributed by atoms with Crippen molar-refractivity contribution in [2.24, 2.45) is 0 Å². The molecule has 110 valence electrons. The zero-order chi connectivity index (χ0) is 14.7. The van der Waals surface area contributed by atoms with Crippen LogP contribution in [0.2, 0.25) is 0 Å². The van der Waals surface area contributed by atoms with Gasteiger partial charge in [0.2, 0.25) is 0 Å². The summed E-state index contributed by atoms with van der Waals surface area (Å²) < 4.78 is 0. The van der Waals surface area contributed by atoms with Gasteiger partial charge in [0.1, 0.15) is 0 Å². The molecule has 2 aromatic rings. The minimum Gasteiger partial charge on any atom is -0.504 e. The molecule has 0 radical (unpaired) electrons. The number of benzene rings is 2. The second-order valence-electron chi connectivity index (χ2n) is 6.07. The maximum absolute atomic E-state index is 9.91. The predicted molar refractivity (Wildman–Crippen MR) is 84.7 cm³/mol. The molecule has 3 rings (SSSR count). The third-order valence-corrected chi connectivity index (χ3v) is 4.81. The molecule has 1 aliphatic rings. The predicted octanol–water partition coefficient (Wildman–Crippen LogP) is 4.74. The van der Waals surface area contributed by atoms with Gasteiger partial charge in [0.25, 0.3) is 0 Å². The molecule has 21 heavy (non-hydrogen) atoms. The van der Waals surface area contributed by atoms with Crippen molar-refractivity contribution in [1.29, 1.82) is 0 Å². The highest BCUT2D eigenvalue weighted by molar-refractivity contribution is 5.47. The van der Waals surface area contributed by atoms with E-state index >= 15 is 0 Å². The van der Waals surface area contributed by atoms with Crippen molar-refractivity contribution in [3.05, 3.63) is 59.7 Å². The van der Waals surface area contributed by atoms with E-state index < -0.39 is 0 Å². The molecule has 0 aromatic heterocycles. The van der Waals surface area contributed by atoms with Gasteiger partial charge in [0.05, 0.1) is 0 Å². The van der Waals surface area contributed by atoms with Crippen LogP contribution >= 0.6 is 0 Å². The summed E-state index contributed by atoms with van der Waals surface area (Å²) in [6.45, 7) is 0. The van der Waals surface area contributed by atoms with Gasteiger partial charge in [-0.1, -0.05) is 62.1 Å². The molecule has 0 aliphatic heterocycles. The van der Waals surface area contributed by atoms with Crippen molar-refractivity contribution in [1.82, 2.24) is 0 Å². The summed E-state index contributed by atoms with van der Waals surface area (Å²) in [6, 6.07) is 15.9. The number of phenols is 2. The maximum atomic E-state index is 9.91. The lowest BCUT2D eigenvalue weighted by Gasteiger charge is -2.34. The van der Waals surface area contributed by atoms with Crippen LogP contribution in [-0.2, 0) is 5.41 Å². The fourth-order valence-corrected chi connectivity index (χ4v) is 3.65. The van der Waals surface area contributed by atoms with E-state index in [4.69, 9.17) is 0 Å². The number of hydrogen-bond donors (Lipinski definition) is 2. The lowest BCUT2D eigenvalue weighted by Crippen LogP contribution is -2.27. The smallest absolute Gasteiger partial charge is 0.157 e. The van der Waals surface area contributed by atoms with Crippen LogP contribution in [0.1, 0.15) is 49.7 Å². The molecular formula is C19H22O2. The summed E-state index contributed by atoms with van der Waals surface area (Å²) in [4.78, 5) is 0. The summed E-state index contributed by atoms with van der Waals surface area (Å²) in [6.07, 6.45) is 7.16. The van der Waals surface area contributed by atoms with Gasteiger partial charge >= 0.3 is 0 Å². The number of phenolic OH excluding ortho intramolecular Hbond substituents is 2. The van der Waals surface area contributed by atoms with Gasteiger partial charge in [0.15, 0.2) is 11.5 Å². The van der Waals surface area contributed by atoms with Crippen LogP contribution in [0.5, 0.6) is 11.5 Å². The van der Waals surface area contributed by atoms with Crippen molar-refractivity contribution in [3.63, 3.8) is 0 Å². The normalized spacial score (nSPS) is 18.1. The summed E-state index contributed by atoms with van der Waals surface area (Å²) in [5, 5.41) is 19.5.